The maximum Gasteiger partial charge on any atom is 0.337 e. The zero-order chi connectivity index (χ0) is 21.0. The Kier molecular flexibility index (Phi) is 4.66. The van der Waals surface area contributed by atoms with Crippen LogP contribution in [-0.4, -0.2) is 101 Å². The Hall–Kier alpha value is -2.33. The van der Waals surface area contributed by atoms with Gasteiger partial charge in [-0.05, 0) is 24.1 Å². The van der Waals surface area contributed by atoms with E-state index in [1.54, 1.807) is 24.3 Å². The Bertz CT molecular complexity index is 877. The van der Waals surface area contributed by atoms with Crippen molar-refractivity contribution >= 4 is 17.8 Å². The molecule has 5 rings (SSSR count). The van der Waals surface area contributed by atoms with Crippen LogP contribution in [0, 0.1) is 0 Å². The lowest BCUT2D eigenvalue weighted by Gasteiger charge is -2.61. The van der Waals surface area contributed by atoms with Crippen LogP contribution in [0.15, 0.2) is 24.3 Å². The van der Waals surface area contributed by atoms with Crippen molar-refractivity contribution in [3.63, 3.8) is 0 Å². The Morgan fingerprint density at radius 1 is 1.23 bits per heavy atom. The summed E-state index contributed by atoms with van der Waals surface area (Å²) >= 11 is 0. The molecule has 9 nitrogen and oxygen atoms in total. The van der Waals surface area contributed by atoms with E-state index in [-0.39, 0.29) is 18.4 Å². The smallest absolute Gasteiger partial charge is 0.337 e. The van der Waals surface area contributed by atoms with Gasteiger partial charge >= 0.3 is 5.97 Å². The number of hydrogen-bond donors (Lipinski definition) is 1. The van der Waals surface area contributed by atoms with Gasteiger partial charge in [-0.25, -0.2) is 4.79 Å². The van der Waals surface area contributed by atoms with E-state index in [0.29, 0.717) is 50.9 Å². The number of amides is 2. The predicted octanol–water partition coefficient (Wildman–Crippen LogP) is -0.770. The summed E-state index contributed by atoms with van der Waals surface area (Å²) in [5, 5.41) is 10.2. The molecule has 4 fully saturated rings. The fourth-order valence-electron chi connectivity index (χ4n) is 5.01. The average Bonchev–Trinajstić information content (AvgIpc) is 3.07. The molecule has 4 aliphatic heterocycles. The highest BCUT2D eigenvalue weighted by molar-refractivity contribution is 6.06. The van der Waals surface area contributed by atoms with Gasteiger partial charge in [0, 0.05) is 19.6 Å². The maximum absolute atomic E-state index is 13.5. The second-order valence-electron chi connectivity index (χ2n) is 8.60. The first kappa shape index (κ1) is 19.6. The molecule has 4 aliphatic rings. The number of carbonyl (C=O) groups excluding carboxylic acids is 3. The number of β-amino-alcohol motifs (C(OH)–C–C–N with tert-alkyl or cyclic N) is 1. The van der Waals surface area contributed by atoms with Crippen molar-refractivity contribution in [3.05, 3.63) is 35.4 Å². The summed E-state index contributed by atoms with van der Waals surface area (Å²) in [5.74, 6) is -0.897. The normalized spacial score (nSPS) is 28.9. The van der Waals surface area contributed by atoms with E-state index in [1.165, 1.54) is 12.0 Å². The summed E-state index contributed by atoms with van der Waals surface area (Å²) in [4.78, 5) is 43.8. The molecule has 2 amide bonds. The van der Waals surface area contributed by atoms with Crippen LogP contribution in [0.25, 0.3) is 0 Å². The highest BCUT2D eigenvalue weighted by Crippen LogP contribution is 2.42. The van der Waals surface area contributed by atoms with Crippen LogP contribution in [0.4, 0.5) is 0 Å². The Balaban J connectivity index is 1.39. The minimum atomic E-state index is -0.766. The number of aliphatic hydroxyl groups is 1. The number of hydrogen-bond acceptors (Lipinski definition) is 8. The average molecular weight is 415 g/mol. The molecule has 2 unspecified atom stereocenters. The van der Waals surface area contributed by atoms with Crippen LogP contribution in [-0.2, 0) is 25.6 Å². The lowest BCUT2D eigenvalue weighted by atomic mass is 9.81. The number of esters is 1. The number of likely N-dealkylation sites (tertiary alicyclic amines) is 1. The predicted molar refractivity (Wildman–Crippen MR) is 103 cm³/mol. The van der Waals surface area contributed by atoms with Crippen LogP contribution < -0.4 is 0 Å². The molecule has 9 heteroatoms. The molecule has 1 aromatic rings. The molecule has 0 saturated carbocycles. The van der Waals surface area contributed by atoms with Crippen molar-refractivity contribution in [1.29, 1.82) is 0 Å². The number of benzene rings is 1. The van der Waals surface area contributed by atoms with E-state index >= 15 is 0 Å². The Morgan fingerprint density at radius 3 is 2.53 bits per heavy atom. The summed E-state index contributed by atoms with van der Waals surface area (Å²) in [5.41, 5.74) is 0.406. The van der Waals surface area contributed by atoms with Crippen LogP contribution in [0.2, 0.25) is 0 Å². The molecule has 30 heavy (non-hydrogen) atoms. The van der Waals surface area contributed by atoms with Crippen molar-refractivity contribution in [3.8, 4) is 0 Å². The molecule has 1 spiro atoms. The largest absolute Gasteiger partial charge is 0.465 e. The Labute approximate surface area is 174 Å². The molecule has 4 saturated heterocycles. The van der Waals surface area contributed by atoms with Crippen LogP contribution in [0.5, 0.6) is 0 Å². The van der Waals surface area contributed by atoms with Crippen molar-refractivity contribution in [2.75, 3.05) is 40.0 Å². The molecule has 1 N–H and O–H groups in total. The van der Waals surface area contributed by atoms with E-state index in [4.69, 9.17) is 9.47 Å². The molecule has 0 radical (unpaired) electrons. The number of ether oxygens (including phenoxy) is 2. The molecule has 0 bridgehead atoms. The number of piperazine rings is 1. The topological polar surface area (TPSA) is 99.6 Å². The van der Waals surface area contributed by atoms with Crippen molar-refractivity contribution < 1.29 is 29.0 Å². The number of rotatable bonds is 4. The molecular formula is C21H25N3O6. The number of aliphatic hydroxyl groups excluding tert-OH is 1. The third kappa shape index (κ3) is 2.88. The van der Waals surface area contributed by atoms with E-state index in [9.17, 15) is 19.5 Å². The quantitative estimate of drug-likeness (QED) is 0.506. The number of carbonyl (C=O) groups is 3. The highest BCUT2D eigenvalue weighted by atomic mass is 16.5. The highest BCUT2D eigenvalue weighted by Gasteiger charge is 2.65. The van der Waals surface area contributed by atoms with Crippen LogP contribution in [0.3, 0.4) is 0 Å². The lowest BCUT2D eigenvalue weighted by molar-refractivity contribution is -0.193. The third-order valence-electron chi connectivity index (χ3n) is 6.81. The zero-order valence-electron chi connectivity index (χ0n) is 16.8. The zero-order valence-corrected chi connectivity index (χ0v) is 16.8. The van der Waals surface area contributed by atoms with Gasteiger partial charge < -0.3 is 14.6 Å². The van der Waals surface area contributed by atoms with Gasteiger partial charge in [0.1, 0.15) is 5.54 Å². The molecule has 160 valence electrons. The molecule has 0 aromatic heterocycles. The summed E-state index contributed by atoms with van der Waals surface area (Å²) in [6, 6.07) is 6.56. The van der Waals surface area contributed by atoms with E-state index in [0.717, 1.165) is 5.56 Å². The third-order valence-corrected chi connectivity index (χ3v) is 6.81. The van der Waals surface area contributed by atoms with E-state index in [2.05, 4.69) is 4.90 Å². The summed E-state index contributed by atoms with van der Waals surface area (Å²) in [6.07, 6.45) is -0.262. The standard InChI is InChI=1S/C21H25N3O6/c1-29-19(27)14-4-2-13(3-5-14)7-23-18(26)17-6-16(25)8-24(17)21(20(23)28)11-22(12-21)15-9-30-10-15/h2-5,15-17,25H,6-12H2,1H3. The maximum atomic E-state index is 13.5. The molecule has 1 aromatic carbocycles. The second-order valence-corrected chi connectivity index (χ2v) is 8.60. The number of methoxy groups -OCH3 is 1. The lowest BCUT2D eigenvalue weighted by Crippen LogP contribution is -2.83. The van der Waals surface area contributed by atoms with Gasteiger partial charge in [0.25, 0.3) is 5.91 Å². The fourth-order valence-corrected chi connectivity index (χ4v) is 5.01. The van der Waals surface area contributed by atoms with E-state index in [1.807, 2.05) is 4.90 Å². The van der Waals surface area contributed by atoms with Gasteiger partial charge in [0.05, 0.1) is 50.6 Å². The first-order chi connectivity index (χ1) is 14.4. The fraction of sp³-hybridized carbons (Fsp3) is 0.571. The summed E-state index contributed by atoms with van der Waals surface area (Å²) in [7, 11) is 1.32. The number of imide groups is 1. The molecular weight excluding hydrogens is 390 g/mol. The van der Waals surface area contributed by atoms with Crippen molar-refractivity contribution in [2.24, 2.45) is 0 Å². The number of fused-ring (bicyclic) bond motifs is 2. The monoisotopic (exact) mass is 415 g/mol. The van der Waals surface area contributed by atoms with Crippen molar-refractivity contribution in [1.82, 2.24) is 14.7 Å². The van der Waals surface area contributed by atoms with Gasteiger partial charge in [-0.3, -0.25) is 24.3 Å². The number of nitrogens with zero attached hydrogens (tertiary/aromatic N) is 3. The SMILES string of the molecule is COC(=O)c1ccc(CN2C(=O)C3CC(O)CN3C3(CN(C4COC4)C3)C2=O)cc1. The van der Waals surface area contributed by atoms with Gasteiger partial charge in [-0.15, -0.1) is 0 Å². The second kappa shape index (κ2) is 7.12. The molecule has 4 heterocycles. The van der Waals surface area contributed by atoms with Gasteiger partial charge in [-0.1, -0.05) is 12.1 Å². The Morgan fingerprint density at radius 2 is 1.93 bits per heavy atom. The minimum absolute atomic E-state index is 0.147. The summed E-state index contributed by atoms with van der Waals surface area (Å²) in [6.45, 7) is 2.94. The van der Waals surface area contributed by atoms with Crippen LogP contribution >= 0.6 is 0 Å². The van der Waals surface area contributed by atoms with Gasteiger partial charge in [0.2, 0.25) is 5.91 Å². The van der Waals surface area contributed by atoms with E-state index < -0.39 is 23.7 Å². The molecule has 0 aliphatic carbocycles. The van der Waals surface area contributed by atoms with Gasteiger partial charge in [0.15, 0.2) is 0 Å². The first-order valence-electron chi connectivity index (χ1n) is 10.2. The molecule has 2 atom stereocenters. The first-order valence-corrected chi connectivity index (χ1v) is 10.2. The van der Waals surface area contributed by atoms with Crippen LogP contribution in [0.1, 0.15) is 22.3 Å². The minimum Gasteiger partial charge on any atom is -0.465 e. The van der Waals surface area contributed by atoms with Crippen molar-refractivity contribution in [2.45, 2.75) is 36.7 Å². The van der Waals surface area contributed by atoms with Gasteiger partial charge in [-0.2, -0.15) is 0 Å². The summed E-state index contributed by atoms with van der Waals surface area (Å²) < 4.78 is 9.98.